The first-order chi connectivity index (χ1) is 10.1. The number of benzene rings is 1. The monoisotopic (exact) mass is 282 g/mol. The first-order valence-corrected chi connectivity index (χ1v) is 8.03. The highest BCUT2D eigenvalue weighted by atomic mass is 16.5. The Morgan fingerprint density at radius 2 is 2.14 bits per heavy atom. The molecule has 110 valence electrons. The van der Waals surface area contributed by atoms with E-state index in [-0.39, 0.29) is 5.41 Å². The van der Waals surface area contributed by atoms with Crippen LogP contribution >= 0.6 is 0 Å². The van der Waals surface area contributed by atoms with E-state index in [1.165, 1.54) is 17.5 Å². The van der Waals surface area contributed by atoms with Gasteiger partial charge < -0.3 is 4.74 Å². The molecule has 0 bridgehead atoms. The fraction of sp³-hybridized carbons (Fsp3) is 0.526. The van der Waals surface area contributed by atoms with Gasteiger partial charge in [0.1, 0.15) is 5.75 Å². The molecule has 2 nitrogen and oxygen atoms in total. The van der Waals surface area contributed by atoms with Crippen LogP contribution in [-0.4, -0.2) is 12.9 Å². The zero-order valence-corrected chi connectivity index (χ0v) is 12.8. The van der Waals surface area contributed by atoms with E-state index in [4.69, 9.17) is 4.74 Å². The van der Waals surface area contributed by atoms with Crippen molar-refractivity contribution in [3.8, 4) is 5.75 Å². The number of allylic oxidation sites excluding steroid dienone is 2. The number of hydrogen-bond donors (Lipinski definition) is 0. The van der Waals surface area contributed by atoms with Crippen LogP contribution in [0.4, 0.5) is 0 Å². The predicted octanol–water partition coefficient (Wildman–Crippen LogP) is 3.90. The molecule has 2 heteroatoms. The second-order valence-electron chi connectivity index (χ2n) is 7.08. The molecule has 0 unspecified atom stereocenters. The normalized spacial score (nSPS) is 36.9. The summed E-state index contributed by atoms with van der Waals surface area (Å²) in [6.45, 7) is 2.18. The van der Waals surface area contributed by atoms with Crippen molar-refractivity contribution in [3.63, 3.8) is 0 Å². The summed E-state index contributed by atoms with van der Waals surface area (Å²) in [5.41, 5.74) is 2.83. The number of rotatable bonds is 1. The van der Waals surface area contributed by atoms with Gasteiger partial charge in [-0.1, -0.05) is 19.1 Å². The molecule has 4 atom stereocenters. The molecule has 0 amide bonds. The van der Waals surface area contributed by atoms with Crippen LogP contribution in [0.1, 0.15) is 43.2 Å². The Balaban J connectivity index is 1.72. The van der Waals surface area contributed by atoms with Gasteiger partial charge in [0.2, 0.25) is 0 Å². The van der Waals surface area contributed by atoms with Crippen molar-refractivity contribution < 1.29 is 9.53 Å². The van der Waals surface area contributed by atoms with E-state index >= 15 is 0 Å². The first-order valence-electron chi connectivity index (χ1n) is 8.03. The van der Waals surface area contributed by atoms with Crippen LogP contribution in [0.5, 0.6) is 5.75 Å². The van der Waals surface area contributed by atoms with Crippen molar-refractivity contribution in [1.82, 2.24) is 0 Å². The Morgan fingerprint density at radius 1 is 1.29 bits per heavy atom. The third kappa shape index (κ3) is 1.74. The largest absolute Gasteiger partial charge is 0.497 e. The lowest BCUT2D eigenvalue weighted by Gasteiger charge is -2.48. The molecule has 1 aromatic rings. The smallest absolute Gasteiger partial charge is 0.161 e. The van der Waals surface area contributed by atoms with Gasteiger partial charge in [-0.3, -0.25) is 4.79 Å². The Kier molecular flexibility index (Phi) is 2.79. The molecular formula is C19H22O2. The Bertz CT molecular complexity index is 630. The first kappa shape index (κ1) is 13.1. The second kappa shape index (κ2) is 4.46. The summed E-state index contributed by atoms with van der Waals surface area (Å²) < 4.78 is 5.36. The summed E-state index contributed by atoms with van der Waals surface area (Å²) in [5, 5.41) is 0. The van der Waals surface area contributed by atoms with E-state index in [1.54, 1.807) is 7.11 Å². The fourth-order valence-corrected chi connectivity index (χ4v) is 4.96. The number of carbonyl (C=O) groups is 1. The van der Waals surface area contributed by atoms with Gasteiger partial charge in [0.25, 0.3) is 0 Å². The number of aryl methyl sites for hydroxylation is 1. The molecule has 1 aromatic carbocycles. The summed E-state index contributed by atoms with van der Waals surface area (Å²) in [6, 6.07) is 6.55. The molecular weight excluding hydrogens is 260 g/mol. The molecule has 0 spiro atoms. The number of ether oxygens (including phenoxy) is 1. The summed E-state index contributed by atoms with van der Waals surface area (Å²) >= 11 is 0. The van der Waals surface area contributed by atoms with Gasteiger partial charge in [-0.25, -0.2) is 0 Å². The zero-order chi connectivity index (χ0) is 14.6. The van der Waals surface area contributed by atoms with E-state index in [0.717, 1.165) is 25.0 Å². The van der Waals surface area contributed by atoms with Crippen LogP contribution in [0.3, 0.4) is 0 Å². The zero-order valence-electron chi connectivity index (χ0n) is 12.8. The number of hydrogen-bond acceptors (Lipinski definition) is 2. The molecule has 0 aromatic heterocycles. The van der Waals surface area contributed by atoms with Crippen molar-refractivity contribution in [2.75, 3.05) is 7.11 Å². The van der Waals surface area contributed by atoms with Crippen molar-refractivity contribution in [2.45, 2.75) is 38.5 Å². The van der Waals surface area contributed by atoms with Crippen molar-refractivity contribution in [3.05, 3.63) is 41.5 Å². The Labute approximate surface area is 126 Å². The maximum Gasteiger partial charge on any atom is 0.161 e. The van der Waals surface area contributed by atoms with Gasteiger partial charge in [-0.2, -0.15) is 0 Å². The maximum absolute atomic E-state index is 12.2. The van der Waals surface area contributed by atoms with Gasteiger partial charge in [0, 0.05) is 5.41 Å². The summed E-state index contributed by atoms with van der Waals surface area (Å²) in [4.78, 5) is 12.2. The second-order valence-corrected chi connectivity index (χ2v) is 7.08. The van der Waals surface area contributed by atoms with Crippen LogP contribution in [-0.2, 0) is 11.2 Å². The SMILES string of the molecule is COc1ccc2c(c1)CC[C@@H]1[C@H]2CC[C@]2(C)C(=O)C=C[C@@H]12. The average Bonchev–Trinajstić information content (AvgIpc) is 2.82. The number of carbonyl (C=O) groups excluding carboxylic acids is 1. The van der Waals surface area contributed by atoms with Gasteiger partial charge >= 0.3 is 0 Å². The van der Waals surface area contributed by atoms with E-state index in [9.17, 15) is 4.79 Å². The summed E-state index contributed by atoms with van der Waals surface area (Å²) in [5.74, 6) is 3.01. The predicted molar refractivity (Wildman–Crippen MR) is 82.5 cm³/mol. The molecule has 0 saturated heterocycles. The lowest BCUT2D eigenvalue weighted by atomic mass is 9.55. The molecule has 1 saturated carbocycles. The van der Waals surface area contributed by atoms with E-state index in [0.29, 0.717) is 23.5 Å². The summed E-state index contributed by atoms with van der Waals surface area (Å²) in [7, 11) is 1.73. The third-order valence-electron chi connectivity index (χ3n) is 6.20. The maximum atomic E-state index is 12.2. The minimum atomic E-state index is -0.120. The van der Waals surface area contributed by atoms with Crippen LogP contribution in [0, 0.1) is 17.3 Å². The number of ketones is 1. The number of methoxy groups -OCH3 is 1. The van der Waals surface area contributed by atoms with Crippen molar-refractivity contribution in [1.29, 1.82) is 0 Å². The molecule has 0 radical (unpaired) electrons. The third-order valence-corrected chi connectivity index (χ3v) is 6.20. The van der Waals surface area contributed by atoms with Gasteiger partial charge in [-0.15, -0.1) is 0 Å². The van der Waals surface area contributed by atoms with E-state index in [2.05, 4.69) is 31.2 Å². The van der Waals surface area contributed by atoms with Gasteiger partial charge in [0.05, 0.1) is 7.11 Å². The van der Waals surface area contributed by atoms with Crippen molar-refractivity contribution >= 4 is 5.78 Å². The number of fused-ring (bicyclic) bond motifs is 5. The highest BCUT2D eigenvalue weighted by Crippen LogP contribution is 2.57. The van der Waals surface area contributed by atoms with Crippen LogP contribution in [0.25, 0.3) is 0 Å². The Morgan fingerprint density at radius 3 is 2.95 bits per heavy atom. The molecule has 4 rings (SSSR count). The fourth-order valence-electron chi connectivity index (χ4n) is 4.96. The van der Waals surface area contributed by atoms with E-state index < -0.39 is 0 Å². The molecule has 3 aliphatic carbocycles. The highest BCUT2D eigenvalue weighted by molar-refractivity contribution is 5.97. The molecule has 21 heavy (non-hydrogen) atoms. The van der Waals surface area contributed by atoms with E-state index in [1.807, 2.05) is 6.08 Å². The van der Waals surface area contributed by atoms with Crippen molar-refractivity contribution in [2.24, 2.45) is 17.3 Å². The lowest BCUT2D eigenvalue weighted by Crippen LogP contribution is -2.42. The average molecular weight is 282 g/mol. The lowest BCUT2D eigenvalue weighted by molar-refractivity contribution is -0.126. The minimum Gasteiger partial charge on any atom is -0.497 e. The quantitative estimate of drug-likeness (QED) is 0.781. The summed E-state index contributed by atoms with van der Waals surface area (Å²) in [6.07, 6.45) is 8.52. The standard InChI is InChI=1S/C19H22O2/c1-19-10-9-15-14-6-4-13(21-2)11-12(14)3-5-16(15)17(19)7-8-18(19)20/h4,6-8,11,15-17H,3,5,9-10H2,1-2H3/t15-,16+,17-,19-/m0/s1. The molecule has 0 heterocycles. The Hall–Kier alpha value is -1.57. The molecule has 3 aliphatic rings. The topological polar surface area (TPSA) is 26.3 Å². The molecule has 1 fully saturated rings. The molecule has 0 aliphatic heterocycles. The van der Waals surface area contributed by atoms with Gasteiger partial charge in [0.15, 0.2) is 5.78 Å². The van der Waals surface area contributed by atoms with Gasteiger partial charge in [-0.05, 0) is 72.8 Å². The van der Waals surface area contributed by atoms with Crippen LogP contribution in [0.2, 0.25) is 0 Å². The van der Waals surface area contributed by atoms with Crippen LogP contribution < -0.4 is 4.74 Å². The highest BCUT2D eigenvalue weighted by Gasteiger charge is 2.52. The minimum absolute atomic E-state index is 0.120. The van der Waals surface area contributed by atoms with Crippen LogP contribution in [0.15, 0.2) is 30.4 Å². The molecule has 0 N–H and O–H groups in total.